The summed E-state index contributed by atoms with van der Waals surface area (Å²) in [4.78, 5) is 24.3. The highest BCUT2D eigenvalue weighted by atomic mass is 16.6. The van der Waals surface area contributed by atoms with Crippen molar-refractivity contribution in [2.24, 2.45) is 5.92 Å². The van der Waals surface area contributed by atoms with Crippen LogP contribution in [0.4, 0.5) is 11.4 Å². The van der Waals surface area contributed by atoms with Crippen LogP contribution in [-0.2, 0) is 0 Å². The number of nitrogen functional groups attached to an aromatic ring is 1. The number of hydrogen-bond donors (Lipinski definition) is 1. The largest absolute Gasteiger partial charge is 0.393 e. The quantitative estimate of drug-likeness (QED) is 0.490. The van der Waals surface area contributed by atoms with E-state index in [1.165, 1.54) is 12.1 Å². The highest BCUT2D eigenvalue weighted by molar-refractivity contribution is 6.00. The summed E-state index contributed by atoms with van der Waals surface area (Å²) >= 11 is 0. The van der Waals surface area contributed by atoms with Crippen molar-refractivity contribution in [2.45, 2.75) is 13.3 Å². The van der Waals surface area contributed by atoms with E-state index < -0.39 is 4.92 Å². The lowest BCUT2D eigenvalue weighted by Gasteiger charge is -2.16. The van der Waals surface area contributed by atoms with Crippen molar-refractivity contribution < 1.29 is 9.72 Å². The zero-order chi connectivity index (χ0) is 13.3. The lowest BCUT2D eigenvalue weighted by Crippen LogP contribution is -2.29. The Morgan fingerprint density at radius 2 is 2.28 bits per heavy atom. The maximum absolute atomic E-state index is 12.2. The van der Waals surface area contributed by atoms with E-state index in [2.05, 4.69) is 6.92 Å². The minimum absolute atomic E-state index is 0.0260. The first kappa shape index (κ1) is 12.3. The van der Waals surface area contributed by atoms with Gasteiger partial charge in [-0.25, -0.2) is 0 Å². The second-order valence-corrected chi connectivity index (χ2v) is 4.65. The highest BCUT2D eigenvalue weighted by Crippen LogP contribution is 2.28. The molecule has 1 unspecified atom stereocenters. The number of hydrogen-bond acceptors (Lipinski definition) is 4. The number of anilines is 1. The number of carbonyl (C=O) groups excluding carboxylic acids is 1. The van der Waals surface area contributed by atoms with Gasteiger partial charge in [0.1, 0.15) is 11.3 Å². The van der Waals surface area contributed by atoms with Crippen molar-refractivity contribution in [3.63, 3.8) is 0 Å². The molecule has 1 amide bonds. The predicted molar refractivity (Wildman–Crippen MR) is 67.2 cm³/mol. The lowest BCUT2D eigenvalue weighted by atomic mass is 10.1. The van der Waals surface area contributed by atoms with Crippen LogP contribution in [0.3, 0.4) is 0 Å². The molecule has 1 aliphatic rings. The van der Waals surface area contributed by atoms with Crippen LogP contribution in [0.2, 0.25) is 0 Å². The maximum Gasteiger partial charge on any atom is 0.304 e. The van der Waals surface area contributed by atoms with E-state index in [0.29, 0.717) is 19.0 Å². The summed E-state index contributed by atoms with van der Waals surface area (Å²) in [6.45, 7) is 3.35. The van der Waals surface area contributed by atoms with Gasteiger partial charge in [-0.1, -0.05) is 13.0 Å². The molecule has 6 heteroatoms. The first-order valence-electron chi connectivity index (χ1n) is 5.83. The van der Waals surface area contributed by atoms with Crippen molar-refractivity contribution in [3.8, 4) is 0 Å². The van der Waals surface area contributed by atoms with Gasteiger partial charge in [-0.2, -0.15) is 0 Å². The Morgan fingerprint density at radius 3 is 2.83 bits per heavy atom. The molecule has 2 rings (SSSR count). The number of nitrogens with two attached hydrogens (primary N) is 1. The molecule has 1 aromatic rings. The van der Waals surface area contributed by atoms with Crippen molar-refractivity contribution in [2.75, 3.05) is 18.8 Å². The predicted octanol–water partition coefficient (Wildman–Crippen LogP) is 1.66. The Balaban J connectivity index is 2.36. The van der Waals surface area contributed by atoms with Gasteiger partial charge in [0.25, 0.3) is 5.91 Å². The molecule has 6 nitrogen and oxygen atoms in total. The van der Waals surface area contributed by atoms with E-state index in [1.54, 1.807) is 11.0 Å². The average Bonchev–Trinajstić information content (AvgIpc) is 2.74. The standard InChI is InChI=1S/C12H15N3O3/c1-8-5-6-14(7-8)12(16)9-3-2-4-10(13)11(9)15(17)18/h2-4,8H,5-7,13H2,1H3. The highest BCUT2D eigenvalue weighted by Gasteiger charge is 2.30. The molecule has 1 aromatic carbocycles. The summed E-state index contributed by atoms with van der Waals surface area (Å²) in [6, 6.07) is 4.45. The summed E-state index contributed by atoms with van der Waals surface area (Å²) in [5.74, 6) is 0.132. The molecule has 0 aliphatic carbocycles. The number of nitrogens with zero attached hydrogens (tertiary/aromatic N) is 2. The van der Waals surface area contributed by atoms with Gasteiger partial charge in [-0.15, -0.1) is 0 Å². The Hall–Kier alpha value is -2.11. The molecule has 96 valence electrons. The van der Waals surface area contributed by atoms with Crippen LogP contribution in [0.1, 0.15) is 23.7 Å². The minimum Gasteiger partial charge on any atom is -0.393 e. The Kier molecular flexibility index (Phi) is 3.18. The first-order valence-corrected chi connectivity index (χ1v) is 5.83. The topological polar surface area (TPSA) is 89.5 Å². The van der Waals surface area contributed by atoms with E-state index in [1.807, 2.05) is 0 Å². The normalized spacial score (nSPS) is 18.9. The smallest absolute Gasteiger partial charge is 0.304 e. The summed E-state index contributed by atoms with van der Waals surface area (Å²) in [6.07, 6.45) is 0.932. The Morgan fingerprint density at radius 1 is 1.56 bits per heavy atom. The van der Waals surface area contributed by atoms with Gasteiger partial charge in [-0.05, 0) is 24.5 Å². The summed E-state index contributed by atoms with van der Waals surface area (Å²) < 4.78 is 0. The van der Waals surface area contributed by atoms with Crippen molar-refractivity contribution in [1.82, 2.24) is 4.90 Å². The second-order valence-electron chi connectivity index (χ2n) is 4.65. The van der Waals surface area contributed by atoms with Gasteiger partial charge in [0.2, 0.25) is 0 Å². The van der Waals surface area contributed by atoms with Gasteiger partial charge >= 0.3 is 5.69 Å². The molecule has 0 aromatic heterocycles. The van der Waals surface area contributed by atoms with E-state index in [9.17, 15) is 14.9 Å². The second kappa shape index (κ2) is 4.64. The number of nitro benzene ring substituents is 1. The average molecular weight is 249 g/mol. The van der Waals surface area contributed by atoms with Gasteiger partial charge < -0.3 is 10.6 Å². The molecule has 18 heavy (non-hydrogen) atoms. The van der Waals surface area contributed by atoms with Gasteiger partial charge in [0, 0.05) is 13.1 Å². The molecule has 1 saturated heterocycles. The number of carbonyl (C=O) groups is 1. The fourth-order valence-corrected chi connectivity index (χ4v) is 2.23. The van der Waals surface area contributed by atoms with Gasteiger partial charge in [0.05, 0.1) is 4.92 Å². The zero-order valence-electron chi connectivity index (χ0n) is 10.1. The summed E-state index contributed by atoms with van der Waals surface area (Å²) in [7, 11) is 0. The van der Waals surface area contributed by atoms with E-state index >= 15 is 0 Å². The maximum atomic E-state index is 12.2. The molecule has 1 aliphatic heterocycles. The minimum atomic E-state index is -0.595. The molecule has 1 atom stereocenters. The van der Waals surface area contributed by atoms with Crippen LogP contribution in [0.25, 0.3) is 0 Å². The molecule has 0 radical (unpaired) electrons. The van der Waals surface area contributed by atoms with E-state index in [0.717, 1.165) is 6.42 Å². The van der Waals surface area contributed by atoms with Gasteiger partial charge in [0.15, 0.2) is 0 Å². The molecule has 1 fully saturated rings. The summed E-state index contributed by atoms with van der Waals surface area (Å²) in [5, 5.41) is 11.0. The number of nitro groups is 1. The number of benzene rings is 1. The molecule has 0 bridgehead atoms. The number of likely N-dealkylation sites (tertiary alicyclic amines) is 1. The number of rotatable bonds is 2. The van der Waals surface area contributed by atoms with E-state index in [-0.39, 0.29) is 22.8 Å². The molecular formula is C12H15N3O3. The van der Waals surface area contributed by atoms with E-state index in [4.69, 9.17) is 5.73 Å². The summed E-state index contributed by atoms with van der Waals surface area (Å²) in [5.41, 5.74) is 5.39. The third kappa shape index (κ3) is 2.13. The fraction of sp³-hybridized carbons (Fsp3) is 0.417. The molecule has 0 spiro atoms. The van der Waals surface area contributed by atoms with Crippen LogP contribution in [0, 0.1) is 16.0 Å². The van der Waals surface area contributed by atoms with Crippen molar-refractivity contribution >= 4 is 17.3 Å². The number of para-hydroxylation sites is 1. The monoisotopic (exact) mass is 249 g/mol. The molecule has 2 N–H and O–H groups in total. The van der Waals surface area contributed by atoms with Crippen LogP contribution in [0.15, 0.2) is 18.2 Å². The van der Waals surface area contributed by atoms with Crippen LogP contribution in [0.5, 0.6) is 0 Å². The molecule has 0 saturated carbocycles. The SMILES string of the molecule is CC1CCN(C(=O)c2cccc(N)c2[N+](=O)[O-])C1. The van der Waals surface area contributed by atoms with Crippen molar-refractivity contribution in [3.05, 3.63) is 33.9 Å². The van der Waals surface area contributed by atoms with Gasteiger partial charge in [-0.3, -0.25) is 14.9 Å². The van der Waals surface area contributed by atoms with Crippen LogP contribution in [-0.4, -0.2) is 28.8 Å². The Bertz CT molecular complexity index is 501. The molecular weight excluding hydrogens is 234 g/mol. The zero-order valence-corrected chi connectivity index (χ0v) is 10.1. The Labute approximate surface area is 105 Å². The molecule has 1 heterocycles. The van der Waals surface area contributed by atoms with Crippen molar-refractivity contribution in [1.29, 1.82) is 0 Å². The fourth-order valence-electron chi connectivity index (χ4n) is 2.23. The van der Waals surface area contributed by atoms with Crippen LogP contribution < -0.4 is 5.73 Å². The first-order chi connectivity index (χ1) is 8.50. The lowest BCUT2D eigenvalue weighted by molar-refractivity contribution is -0.384. The third-order valence-corrected chi connectivity index (χ3v) is 3.19. The third-order valence-electron chi connectivity index (χ3n) is 3.19. The number of amides is 1. The van der Waals surface area contributed by atoms with Crippen LogP contribution >= 0.6 is 0 Å².